The smallest absolute Gasteiger partial charge is 0.353 e. The van der Waals surface area contributed by atoms with Crippen LogP contribution in [0.5, 0.6) is 0 Å². The summed E-state index contributed by atoms with van der Waals surface area (Å²) in [5, 5.41) is 6.75. The first kappa shape index (κ1) is 23.9. The molecule has 0 saturated heterocycles. The summed E-state index contributed by atoms with van der Waals surface area (Å²) in [5.41, 5.74) is 1.39. The lowest BCUT2D eigenvalue weighted by Crippen LogP contribution is -2.35. The molecule has 0 saturated carbocycles. The number of aromatic nitrogens is 1. The Hall–Kier alpha value is -3.34. The molecule has 31 heavy (non-hydrogen) atoms. The van der Waals surface area contributed by atoms with E-state index in [2.05, 4.69) is 33.5 Å². The zero-order chi connectivity index (χ0) is 22.8. The van der Waals surface area contributed by atoms with Crippen LogP contribution in [0.4, 0.5) is 0 Å². The van der Waals surface area contributed by atoms with E-state index in [0.717, 1.165) is 18.2 Å². The fourth-order valence-electron chi connectivity index (χ4n) is 2.28. The van der Waals surface area contributed by atoms with Gasteiger partial charge in [0.25, 0.3) is 11.8 Å². The van der Waals surface area contributed by atoms with Crippen molar-refractivity contribution in [1.29, 1.82) is 0 Å². The molecule has 10 heteroatoms. The normalized spacial score (nSPS) is 10.3. The molecule has 9 nitrogen and oxygen atoms in total. The van der Waals surface area contributed by atoms with E-state index in [0.29, 0.717) is 24.8 Å². The number of nitrogens with zero attached hydrogens (tertiary/aromatic N) is 1. The highest BCUT2D eigenvalue weighted by molar-refractivity contribution is 7.13. The number of amides is 2. The van der Waals surface area contributed by atoms with Crippen LogP contribution in [0.1, 0.15) is 16.1 Å². The maximum Gasteiger partial charge on any atom is 0.353 e. The molecular weight excluding hydrogens is 422 g/mol. The van der Waals surface area contributed by atoms with Gasteiger partial charge in [0.1, 0.15) is 16.4 Å². The molecule has 1 aromatic heterocycles. The van der Waals surface area contributed by atoms with Crippen LogP contribution in [-0.4, -0.2) is 50.2 Å². The van der Waals surface area contributed by atoms with Crippen LogP contribution in [0, 0.1) is 0 Å². The molecule has 0 aliphatic rings. The van der Waals surface area contributed by atoms with E-state index in [1.807, 2.05) is 24.3 Å². The number of nitrogens with one attached hydrogen (secondary N) is 2. The SMILES string of the molecule is C=C(NC(=O)c1csc(-c2cccc(COCCOC)c2)n1)C(=O)NC(=C)C(=O)OC. The van der Waals surface area contributed by atoms with Crippen molar-refractivity contribution >= 4 is 29.1 Å². The second-order valence-electron chi connectivity index (χ2n) is 6.14. The van der Waals surface area contributed by atoms with Gasteiger partial charge in [-0.25, -0.2) is 9.78 Å². The second-order valence-corrected chi connectivity index (χ2v) is 7.00. The predicted molar refractivity (Wildman–Crippen MR) is 115 cm³/mol. The first-order chi connectivity index (χ1) is 14.8. The average Bonchev–Trinajstić information content (AvgIpc) is 3.26. The Labute approximate surface area is 183 Å². The van der Waals surface area contributed by atoms with Crippen molar-refractivity contribution in [2.75, 3.05) is 27.4 Å². The molecule has 2 amide bonds. The Bertz CT molecular complexity index is 985. The number of esters is 1. The Morgan fingerprint density at radius 2 is 1.87 bits per heavy atom. The van der Waals surface area contributed by atoms with Gasteiger partial charge in [-0.2, -0.15) is 0 Å². The third kappa shape index (κ3) is 7.14. The summed E-state index contributed by atoms with van der Waals surface area (Å²) in [6, 6.07) is 7.62. The highest BCUT2D eigenvalue weighted by Gasteiger charge is 2.18. The van der Waals surface area contributed by atoms with Crippen LogP contribution in [-0.2, 0) is 30.4 Å². The molecule has 1 aromatic carbocycles. The van der Waals surface area contributed by atoms with Gasteiger partial charge in [0.05, 0.1) is 32.6 Å². The van der Waals surface area contributed by atoms with E-state index in [-0.39, 0.29) is 17.1 Å². The summed E-state index contributed by atoms with van der Waals surface area (Å²) in [6.07, 6.45) is 0. The van der Waals surface area contributed by atoms with Crippen LogP contribution < -0.4 is 10.6 Å². The number of thiazole rings is 1. The lowest BCUT2D eigenvalue weighted by Gasteiger charge is -2.09. The molecule has 0 bridgehead atoms. The van der Waals surface area contributed by atoms with Gasteiger partial charge in [-0.05, 0) is 11.6 Å². The maximum absolute atomic E-state index is 12.4. The maximum atomic E-state index is 12.4. The van der Waals surface area contributed by atoms with Gasteiger partial charge in [0, 0.05) is 18.1 Å². The van der Waals surface area contributed by atoms with Gasteiger partial charge in [0.15, 0.2) is 0 Å². The minimum absolute atomic E-state index is 0.127. The van der Waals surface area contributed by atoms with Gasteiger partial charge >= 0.3 is 5.97 Å². The van der Waals surface area contributed by atoms with Gasteiger partial charge in [-0.15, -0.1) is 11.3 Å². The zero-order valence-corrected chi connectivity index (χ0v) is 18.0. The standard InChI is InChI=1S/C21H23N3O6S/c1-13(18(25)23-14(2)21(27)29-4)22-19(26)17-12-31-20(24-17)16-7-5-6-15(10-16)11-30-9-8-28-3/h5-7,10,12H,1-2,8-9,11H2,3-4H3,(H,22,26)(H,23,25). The number of hydrogen-bond donors (Lipinski definition) is 2. The molecule has 0 atom stereocenters. The van der Waals surface area contributed by atoms with E-state index in [4.69, 9.17) is 9.47 Å². The lowest BCUT2D eigenvalue weighted by atomic mass is 10.1. The molecule has 1 heterocycles. The minimum atomic E-state index is -0.803. The Morgan fingerprint density at radius 3 is 2.58 bits per heavy atom. The fraction of sp³-hybridized carbons (Fsp3) is 0.238. The van der Waals surface area contributed by atoms with Gasteiger partial charge in [0.2, 0.25) is 0 Å². The molecule has 0 fully saturated rings. The molecule has 0 radical (unpaired) electrons. The van der Waals surface area contributed by atoms with Gasteiger partial charge < -0.3 is 24.8 Å². The summed E-state index contributed by atoms with van der Waals surface area (Å²) in [6.45, 7) is 8.31. The zero-order valence-electron chi connectivity index (χ0n) is 17.2. The van der Waals surface area contributed by atoms with E-state index < -0.39 is 17.8 Å². The monoisotopic (exact) mass is 445 g/mol. The van der Waals surface area contributed by atoms with E-state index in [1.54, 1.807) is 12.5 Å². The number of carbonyl (C=O) groups excluding carboxylic acids is 3. The first-order valence-electron chi connectivity index (χ1n) is 9.06. The number of methoxy groups -OCH3 is 2. The predicted octanol–water partition coefficient (Wildman–Crippen LogP) is 2.02. The van der Waals surface area contributed by atoms with Crippen molar-refractivity contribution in [2.24, 2.45) is 0 Å². The fourth-order valence-corrected chi connectivity index (χ4v) is 3.08. The number of rotatable bonds is 11. The number of ether oxygens (including phenoxy) is 3. The highest BCUT2D eigenvalue weighted by atomic mass is 32.1. The average molecular weight is 445 g/mol. The molecule has 0 spiro atoms. The molecule has 2 rings (SSSR count). The highest BCUT2D eigenvalue weighted by Crippen LogP contribution is 2.25. The largest absolute Gasteiger partial charge is 0.464 e. The number of benzene rings is 1. The molecule has 2 aromatic rings. The third-order valence-electron chi connectivity index (χ3n) is 3.85. The van der Waals surface area contributed by atoms with Crippen LogP contribution in [0.2, 0.25) is 0 Å². The van der Waals surface area contributed by atoms with Crippen molar-refractivity contribution in [3.05, 3.63) is 65.5 Å². The second kappa shape index (κ2) is 11.7. The number of carbonyl (C=O) groups is 3. The van der Waals surface area contributed by atoms with Crippen molar-refractivity contribution in [3.8, 4) is 10.6 Å². The molecule has 0 aliphatic carbocycles. The summed E-state index contributed by atoms with van der Waals surface area (Å²) in [4.78, 5) is 40.0. The summed E-state index contributed by atoms with van der Waals surface area (Å²) in [5.74, 6) is -2.20. The molecule has 0 aliphatic heterocycles. The Kier molecular flexibility index (Phi) is 9.07. The van der Waals surface area contributed by atoms with Crippen LogP contribution in [0.15, 0.2) is 54.2 Å². The minimum Gasteiger partial charge on any atom is -0.464 e. The van der Waals surface area contributed by atoms with Crippen molar-refractivity contribution in [1.82, 2.24) is 15.6 Å². The molecular formula is C21H23N3O6S. The van der Waals surface area contributed by atoms with Gasteiger partial charge in [-0.3, -0.25) is 9.59 Å². The number of hydrogen-bond acceptors (Lipinski definition) is 8. The third-order valence-corrected chi connectivity index (χ3v) is 4.74. The summed E-state index contributed by atoms with van der Waals surface area (Å²) < 4.78 is 14.9. The van der Waals surface area contributed by atoms with E-state index >= 15 is 0 Å². The molecule has 0 unspecified atom stereocenters. The van der Waals surface area contributed by atoms with Gasteiger partial charge in [-0.1, -0.05) is 31.4 Å². The summed E-state index contributed by atoms with van der Waals surface area (Å²) >= 11 is 1.29. The van der Waals surface area contributed by atoms with Crippen molar-refractivity contribution in [2.45, 2.75) is 6.61 Å². The van der Waals surface area contributed by atoms with Crippen LogP contribution >= 0.6 is 11.3 Å². The Balaban J connectivity index is 1.98. The Morgan fingerprint density at radius 1 is 1.10 bits per heavy atom. The lowest BCUT2D eigenvalue weighted by molar-refractivity contribution is -0.137. The molecule has 2 N–H and O–H groups in total. The van der Waals surface area contributed by atoms with Crippen molar-refractivity contribution in [3.63, 3.8) is 0 Å². The summed E-state index contributed by atoms with van der Waals surface area (Å²) in [7, 11) is 2.77. The van der Waals surface area contributed by atoms with E-state index in [9.17, 15) is 14.4 Å². The van der Waals surface area contributed by atoms with E-state index in [1.165, 1.54) is 11.3 Å². The first-order valence-corrected chi connectivity index (χ1v) is 9.94. The topological polar surface area (TPSA) is 116 Å². The van der Waals surface area contributed by atoms with Crippen LogP contribution in [0.25, 0.3) is 10.6 Å². The quantitative estimate of drug-likeness (QED) is 0.309. The van der Waals surface area contributed by atoms with Crippen molar-refractivity contribution < 1.29 is 28.6 Å². The molecule has 164 valence electrons. The van der Waals surface area contributed by atoms with Crippen LogP contribution in [0.3, 0.4) is 0 Å².